The monoisotopic (exact) mass is 314 g/mol. The van der Waals surface area contributed by atoms with Crippen LogP contribution in [0.3, 0.4) is 0 Å². The number of hydrogen-bond acceptors (Lipinski definition) is 3. The zero-order valence-corrected chi connectivity index (χ0v) is 13.7. The highest BCUT2D eigenvalue weighted by Gasteiger charge is 2.21. The zero-order valence-electron chi connectivity index (χ0n) is 12.9. The first-order valence-corrected chi connectivity index (χ1v) is 8.02. The first kappa shape index (κ1) is 17.8. The molecule has 0 saturated heterocycles. The Bertz CT molecular complexity index is 493. The minimum absolute atomic E-state index is 0.209. The summed E-state index contributed by atoms with van der Waals surface area (Å²) >= 11 is 1.32. The van der Waals surface area contributed by atoms with Gasteiger partial charge in [0, 0.05) is 17.1 Å². The molecule has 6 heteroatoms. The fourth-order valence-corrected chi connectivity index (χ4v) is 2.57. The molecule has 118 valence electrons. The molecule has 0 heterocycles. The normalized spacial score (nSPS) is 12.9. The molecular weight excluding hydrogens is 291 g/mol. The topological polar surface area (TPSA) is 61.4 Å². The number of thioether (sulfide) groups is 1. The SMILES string of the molecule is CSc1ccc(NC(=O)NCC(C)(C)CC(C)O)cc1F. The Labute approximate surface area is 129 Å². The molecule has 0 aromatic heterocycles. The molecule has 1 aromatic carbocycles. The summed E-state index contributed by atoms with van der Waals surface area (Å²) < 4.78 is 13.6. The van der Waals surface area contributed by atoms with Gasteiger partial charge in [0.2, 0.25) is 0 Å². The summed E-state index contributed by atoms with van der Waals surface area (Å²) in [7, 11) is 0. The van der Waals surface area contributed by atoms with Crippen LogP contribution in [-0.4, -0.2) is 30.0 Å². The number of urea groups is 1. The van der Waals surface area contributed by atoms with E-state index < -0.39 is 6.10 Å². The second-order valence-corrected chi connectivity index (χ2v) is 6.72. The minimum atomic E-state index is -0.418. The van der Waals surface area contributed by atoms with Gasteiger partial charge in [0.15, 0.2) is 0 Å². The maximum atomic E-state index is 13.6. The van der Waals surface area contributed by atoms with Gasteiger partial charge in [-0.05, 0) is 43.2 Å². The molecule has 1 unspecified atom stereocenters. The Hall–Kier alpha value is -1.27. The Balaban J connectivity index is 2.52. The first-order valence-electron chi connectivity index (χ1n) is 6.80. The second kappa shape index (κ2) is 7.66. The molecule has 0 aliphatic heterocycles. The number of benzene rings is 1. The van der Waals surface area contributed by atoms with Crippen LogP contribution in [0.5, 0.6) is 0 Å². The smallest absolute Gasteiger partial charge is 0.319 e. The van der Waals surface area contributed by atoms with Gasteiger partial charge in [-0.1, -0.05) is 13.8 Å². The maximum Gasteiger partial charge on any atom is 0.319 e. The summed E-state index contributed by atoms with van der Waals surface area (Å²) in [4.78, 5) is 12.3. The van der Waals surface area contributed by atoms with E-state index in [4.69, 9.17) is 0 Å². The van der Waals surface area contributed by atoms with Gasteiger partial charge < -0.3 is 15.7 Å². The van der Waals surface area contributed by atoms with Crippen LogP contribution in [0.15, 0.2) is 23.1 Å². The maximum absolute atomic E-state index is 13.6. The average molecular weight is 314 g/mol. The van der Waals surface area contributed by atoms with Crippen LogP contribution in [0, 0.1) is 11.2 Å². The lowest BCUT2D eigenvalue weighted by Gasteiger charge is -2.26. The molecule has 0 bridgehead atoms. The summed E-state index contributed by atoms with van der Waals surface area (Å²) in [5.74, 6) is -0.352. The Morgan fingerprint density at radius 2 is 2.14 bits per heavy atom. The molecule has 4 nitrogen and oxygen atoms in total. The number of amides is 2. The molecular formula is C15H23FN2O2S. The van der Waals surface area contributed by atoms with E-state index >= 15 is 0 Å². The van der Waals surface area contributed by atoms with Crippen LogP contribution in [0.4, 0.5) is 14.9 Å². The molecule has 21 heavy (non-hydrogen) atoms. The largest absolute Gasteiger partial charge is 0.393 e. The quantitative estimate of drug-likeness (QED) is 0.705. The van der Waals surface area contributed by atoms with Gasteiger partial charge in [-0.3, -0.25) is 0 Å². The standard InChI is InChI=1S/C15H23FN2O2S/c1-10(19)8-15(2,3)9-17-14(20)18-11-5-6-13(21-4)12(16)7-11/h5-7,10,19H,8-9H2,1-4H3,(H2,17,18,20). The molecule has 0 saturated carbocycles. The molecule has 1 atom stereocenters. The third kappa shape index (κ3) is 6.35. The first-order chi connectivity index (χ1) is 9.73. The lowest BCUT2D eigenvalue weighted by Crippen LogP contribution is -2.38. The Kier molecular flexibility index (Phi) is 6.48. The summed E-state index contributed by atoms with van der Waals surface area (Å²) in [6, 6.07) is 4.21. The number of aliphatic hydroxyl groups is 1. The van der Waals surface area contributed by atoms with Crippen molar-refractivity contribution in [3.63, 3.8) is 0 Å². The molecule has 0 fully saturated rings. The van der Waals surface area contributed by atoms with Crippen LogP contribution in [-0.2, 0) is 0 Å². The summed E-state index contributed by atoms with van der Waals surface area (Å²) in [5, 5.41) is 14.7. The fraction of sp³-hybridized carbons (Fsp3) is 0.533. The van der Waals surface area contributed by atoms with Crippen molar-refractivity contribution in [3.8, 4) is 0 Å². The highest BCUT2D eigenvalue weighted by molar-refractivity contribution is 7.98. The third-order valence-electron chi connectivity index (χ3n) is 2.99. The number of anilines is 1. The average Bonchev–Trinajstić information content (AvgIpc) is 2.35. The van der Waals surface area contributed by atoms with E-state index in [2.05, 4.69) is 10.6 Å². The Morgan fingerprint density at radius 3 is 2.67 bits per heavy atom. The number of carbonyl (C=O) groups excluding carboxylic acids is 1. The van der Waals surface area contributed by atoms with Gasteiger partial charge in [-0.2, -0.15) is 0 Å². The summed E-state index contributed by atoms with van der Waals surface area (Å²) in [6.45, 7) is 6.08. The van der Waals surface area contributed by atoms with Crippen LogP contribution < -0.4 is 10.6 Å². The molecule has 0 aliphatic carbocycles. The Morgan fingerprint density at radius 1 is 1.48 bits per heavy atom. The predicted octanol–water partition coefficient (Wildman–Crippen LogP) is 3.47. The molecule has 0 radical (unpaired) electrons. The van der Waals surface area contributed by atoms with Gasteiger partial charge in [-0.15, -0.1) is 11.8 Å². The number of hydrogen-bond donors (Lipinski definition) is 3. The fourth-order valence-electron chi connectivity index (χ4n) is 2.11. The molecule has 3 N–H and O–H groups in total. The predicted molar refractivity (Wildman–Crippen MR) is 85.3 cm³/mol. The third-order valence-corrected chi connectivity index (χ3v) is 3.76. The molecule has 1 rings (SSSR count). The number of halogens is 1. The summed E-state index contributed by atoms with van der Waals surface area (Å²) in [6.07, 6.45) is 1.96. The van der Waals surface area contributed by atoms with Gasteiger partial charge in [0.05, 0.1) is 6.10 Å². The number of carbonyl (C=O) groups is 1. The van der Waals surface area contributed by atoms with Crippen molar-refractivity contribution < 1.29 is 14.3 Å². The summed E-state index contributed by atoms with van der Waals surface area (Å²) in [5.41, 5.74) is 0.204. The van der Waals surface area contributed by atoms with Crippen molar-refractivity contribution in [2.24, 2.45) is 5.41 Å². The van der Waals surface area contributed by atoms with Crippen molar-refractivity contribution >= 4 is 23.5 Å². The van der Waals surface area contributed by atoms with Crippen molar-refractivity contribution in [3.05, 3.63) is 24.0 Å². The lowest BCUT2D eigenvalue weighted by molar-refractivity contribution is 0.129. The van der Waals surface area contributed by atoms with Crippen LogP contribution >= 0.6 is 11.8 Å². The van der Waals surface area contributed by atoms with E-state index in [1.165, 1.54) is 17.8 Å². The number of nitrogens with one attached hydrogen (secondary N) is 2. The van der Waals surface area contributed by atoms with Gasteiger partial charge in [-0.25, -0.2) is 9.18 Å². The van der Waals surface area contributed by atoms with Gasteiger partial charge >= 0.3 is 6.03 Å². The van der Waals surface area contributed by atoms with Crippen LogP contribution in [0.25, 0.3) is 0 Å². The van der Waals surface area contributed by atoms with E-state index in [0.717, 1.165) is 0 Å². The molecule has 2 amide bonds. The van der Waals surface area contributed by atoms with E-state index in [1.807, 2.05) is 13.8 Å². The molecule has 0 spiro atoms. The van der Waals surface area contributed by atoms with E-state index in [0.29, 0.717) is 23.5 Å². The molecule has 0 aliphatic rings. The van der Waals surface area contributed by atoms with E-state index in [9.17, 15) is 14.3 Å². The van der Waals surface area contributed by atoms with E-state index in [-0.39, 0.29) is 17.3 Å². The number of rotatable bonds is 6. The minimum Gasteiger partial charge on any atom is -0.393 e. The number of aliphatic hydroxyl groups excluding tert-OH is 1. The highest BCUT2D eigenvalue weighted by atomic mass is 32.2. The van der Waals surface area contributed by atoms with Gasteiger partial charge in [0.1, 0.15) is 5.82 Å². The highest BCUT2D eigenvalue weighted by Crippen LogP contribution is 2.23. The van der Waals surface area contributed by atoms with Crippen molar-refractivity contribution in [2.75, 3.05) is 18.1 Å². The second-order valence-electron chi connectivity index (χ2n) is 5.87. The lowest BCUT2D eigenvalue weighted by atomic mass is 9.87. The van der Waals surface area contributed by atoms with Crippen molar-refractivity contribution in [1.29, 1.82) is 0 Å². The van der Waals surface area contributed by atoms with Crippen molar-refractivity contribution in [1.82, 2.24) is 5.32 Å². The van der Waals surface area contributed by atoms with Crippen LogP contribution in [0.2, 0.25) is 0 Å². The van der Waals surface area contributed by atoms with E-state index in [1.54, 1.807) is 25.3 Å². The van der Waals surface area contributed by atoms with Crippen LogP contribution in [0.1, 0.15) is 27.2 Å². The zero-order chi connectivity index (χ0) is 16.0. The van der Waals surface area contributed by atoms with Gasteiger partial charge in [0.25, 0.3) is 0 Å². The molecule has 1 aromatic rings. The van der Waals surface area contributed by atoms with Crippen molar-refractivity contribution in [2.45, 2.75) is 38.2 Å².